The summed E-state index contributed by atoms with van der Waals surface area (Å²) in [4.78, 5) is 16.3. The van der Waals surface area contributed by atoms with Gasteiger partial charge in [-0.25, -0.2) is 4.79 Å². The Hall–Kier alpha value is -2.52. The number of carbonyl (C=O) groups excluding carboxylic acids is 1. The van der Waals surface area contributed by atoms with Crippen LogP contribution < -0.4 is 14.8 Å². The van der Waals surface area contributed by atoms with E-state index in [1.165, 1.54) is 5.56 Å². The van der Waals surface area contributed by atoms with E-state index >= 15 is 0 Å². The van der Waals surface area contributed by atoms with Gasteiger partial charge in [0.1, 0.15) is 29.8 Å². The van der Waals surface area contributed by atoms with Crippen molar-refractivity contribution in [2.45, 2.75) is 43.5 Å². The summed E-state index contributed by atoms with van der Waals surface area (Å²) in [7, 11) is 0. The SMILES string of the molecule is O=C(Nc1ccccc1OC[C@@H](O)CN1CCC2(CC1)Cc1cc(Cl)ccc1O2)N1CC[C@H](O)C1. The fraction of sp³-hybridized carbons (Fsp3) is 0.500. The molecule has 2 saturated heterocycles. The van der Waals surface area contributed by atoms with E-state index in [-0.39, 0.29) is 18.2 Å². The van der Waals surface area contributed by atoms with Gasteiger partial charge < -0.3 is 34.8 Å². The number of nitrogens with zero attached hydrogens (tertiary/aromatic N) is 2. The number of nitrogens with one attached hydrogen (secondary N) is 1. The Balaban J connectivity index is 1.09. The molecule has 3 aliphatic heterocycles. The van der Waals surface area contributed by atoms with Gasteiger partial charge in [-0.3, -0.25) is 0 Å². The van der Waals surface area contributed by atoms with Crippen LogP contribution in [0.15, 0.2) is 42.5 Å². The molecule has 3 aliphatic rings. The average Bonchev–Trinajstić information content (AvgIpc) is 3.43. The van der Waals surface area contributed by atoms with Crippen LogP contribution in [-0.4, -0.2) is 83.2 Å². The lowest BCUT2D eigenvalue weighted by molar-refractivity contribution is -0.00191. The second-order valence-corrected chi connectivity index (χ2v) is 10.2. The first-order valence-electron chi connectivity index (χ1n) is 12.2. The van der Waals surface area contributed by atoms with Gasteiger partial charge in [0, 0.05) is 57.0 Å². The second-order valence-electron chi connectivity index (χ2n) is 9.79. The molecule has 2 amide bonds. The zero-order valence-electron chi connectivity index (χ0n) is 19.7. The molecule has 0 saturated carbocycles. The molecule has 2 atom stereocenters. The average molecular weight is 502 g/mol. The van der Waals surface area contributed by atoms with E-state index in [0.717, 1.165) is 43.1 Å². The van der Waals surface area contributed by atoms with Crippen LogP contribution in [-0.2, 0) is 6.42 Å². The number of halogens is 1. The lowest BCUT2D eigenvalue weighted by Crippen LogP contribution is -2.49. The molecule has 9 heteroatoms. The Labute approximate surface area is 210 Å². The molecule has 0 aliphatic carbocycles. The normalized spacial score (nSPS) is 22.0. The van der Waals surface area contributed by atoms with Crippen LogP contribution in [0.2, 0.25) is 5.02 Å². The van der Waals surface area contributed by atoms with Crippen molar-refractivity contribution in [2.75, 3.05) is 44.6 Å². The number of aliphatic hydroxyl groups is 2. The first-order chi connectivity index (χ1) is 16.9. The number of likely N-dealkylation sites (tertiary alicyclic amines) is 2. The maximum atomic E-state index is 12.5. The number of anilines is 1. The molecule has 2 fully saturated rings. The largest absolute Gasteiger partial charge is 0.489 e. The number of amides is 2. The summed E-state index contributed by atoms with van der Waals surface area (Å²) < 4.78 is 12.2. The van der Waals surface area contributed by atoms with E-state index in [4.69, 9.17) is 21.1 Å². The molecule has 8 nitrogen and oxygen atoms in total. The number of para-hydroxylation sites is 2. The van der Waals surface area contributed by atoms with Crippen LogP contribution in [0.5, 0.6) is 11.5 Å². The van der Waals surface area contributed by atoms with Crippen LogP contribution in [0.1, 0.15) is 24.8 Å². The Morgan fingerprint density at radius 3 is 2.80 bits per heavy atom. The fourth-order valence-electron chi connectivity index (χ4n) is 5.18. The van der Waals surface area contributed by atoms with Crippen molar-refractivity contribution < 1.29 is 24.5 Å². The summed E-state index contributed by atoms with van der Waals surface area (Å²) in [5, 5.41) is 23.9. The third-order valence-electron chi connectivity index (χ3n) is 7.11. The van der Waals surface area contributed by atoms with E-state index < -0.39 is 12.2 Å². The minimum atomic E-state index is -0.665. The summed E-state index contributed by atoms with van der Waals surface area (Å²) in [6.07, 6.45) is 2.12. The molecule has 0 bridgehead atoms. The van der Waals surface area contributed by atoms with Crippen molar-refractivity contribution in [3.05, 3.63) is 53.1 Å². The number of aliphatic hydroxyl groups excluding tert-OH is 2. The third kappa shape index (κ3) is 5.67. The zero-order valence-corrected chi connectivity index (χ0v) is 20.4. The Kier molecular flexibility index (Phi) is 7.07. The van der Waals surface area contributed by atoms with Gasteiger partial charge in [0.25, 0.3) is 0 Å². The number of rotatable bonds is 6. The number of urea groups is 1. The number of β-amino-alcohol motifs (C(OH)–C–C–N with tert-alkyl or cyclic N) is 2. The molecule has 3 heterocycles. The zero-order chi connectivity index (χ0) is 24.4. The van der Waals surface area contributed by atoms with Gasteiger partial charge in [0.05, 0.1) is 11.8 Å². The van der Waals surface area contributed by atoms with Gasteiger partial charge in [-0.05, 0) is 42.3 Å². The topological polar surface area (TPSA) is 94.5 Å². The van der Waals surface area contributed by atoms with Crippen molar-refractivity contribution in [2.24, 2.45) is 0 Å². The molecule has 0 aromatic heterocycles. The van der Waals surface area contributed by atoms with Gasteiger partial charge in [-0.1, -0.05) is 23.7 Å². The molecule has 35 heavy (non-hydrogen) atoms. The van der Waals surface area contributed by atoms with Crippen molar-refractivity contribution in [3.63, 3.8) is 0 Å². The van der Waals surface area contributed by atoms with Crippen LogP contribution in [0.4, 0.5) is 10.5 Å². The molecular formula is C26H32ClN3O5. The lowest BCUT2D eigenvalue weighted by atomic mass is 9.87. The third-order valence-corrected chi connectivity index (χ3v) is 7.34. The molecule has 0 radical (unpaired) electrons. The smallest absolute Gasteiger partial charge is 0.322 e. The predicted molar refractivity (Wildman–Crippen MR) is 133 cm³/mol. The molecule has 5 rings (SSSR count). The highest BCUT2D eigenvalue weighted by Crippen LogP contribution is 2.42. The number of benzene rings is 2. The van der Waals surface area contributed by atoms with E-state index in [9.17, 15) is 15.0 Å². The highest BCUT2D eigenvalue weighted by Gasteiger charge is 2.42. The maximum Gasteiger partial charge on any atom is 0.322 e. The van der Waals surface area contributed by atoms with E-state index in [1.54, 1.807) is 17.0 Å². The van der Waals surface area contributed by atoms with E-state index in [2.05, 4.69) is 10.2 Å². The number of hydrogen-bond donors (Lipinski definition) is 3. The highest BCUT2D eigenvalue weighted by atomic mass is 35.5. The molecule has 2 aromatic carbocycles. The van der Waals surface area contributed by atoms with E-state index in [0.29, 0.717) is 37.5 Å². The monoisotopic (exact) mass is 501 g/mol. The lowest BCUT2D eigenvalue weighted by Gasteiger charge is -2.39. The standard InChI is InChI=1S/C26H32ClN3O5/c27-19-5-6-23-18(13-19)14-26(35-23)8-11-29(12-9-26)15-21(32)17-34-24-4-2-1-3-22(24)28-25(33)30-10-7-20(31)16-30/h1-6,13,20-21,31-32H,7-12,14-17H2,(H,28,33)/t20-,21-/m0/s1. The van der Waals surface area contributed by atoms with Gasteiger partial charge >= 0.3 is 6.03 Å². The Bertz CT molecular complexity index is 1060. The number of ether oxygens (including phenoxy) is 2. The minimum Gasteiger partial charge on any atom is -0.489 e. The molecule has 2 aromatic rings. The van der Waals surface area contributed by atoms with Crippen LogP contribution >= 0.6 is 11.6 Å². The van der Waals surface area contributed by atoms with Gasteiger partial charge in [-0.2, -0.15) is 0 Å². The highest BCUT2D eigenvalue weighted by molar-refractivity contribution is 6.30. The van der Waals surface area contributed by atoms with Crippen molar-refractivity contribution in [1.82, 2.24) is 9.80 Å². The Morgan fingerprint density at radius 1 is 1.23 bits per heavy atom. The summed E-state index contributed by atoms with van der Waals surface area (Å²) in [6.45, 7) is 3.17. The number of hydrogen-bond acceptors (Lipinski definition) is 6. The number of piperidine rings is 1. The van der Waals surface area contributed by atoms with Crippen LogP contribution in [0.3, 0.4) is 0 Å². The molecule has 1 spiro atoms. The second kappa shape index (κ2) is 10.2. The van der Waals surface area contributed by atoms with Crippen LogP contribution in [0, 0.1) is 0 Å². The van der Waals surface area contributed by atoms with Gasteiger partial charge in [0.15, 0.2) is 0 Å². The van der Waals surface area contributed by atoms with Gasteiger partial charge in [-0.15, -0.1) is 0 Å². The maximum absolute atomic E-state index is 12.5. The minimum absolute atomic E-state index is 0.122. The molecular weight excluding hydrogens is 470 g/mol. The molecule has 3 N–H and O–H groups in total. The van der Waals surface area contributed by atoms with Gasteiger partial charge in [0.2, 0.25) is 0 Å². The summed E-state index contributed by atoms with van der Waals surface area (Å²) >= 11 is 6.14. The number of carbonyl (C=O) groups is 1. The Morgan fingerprint density at radius 2 is 2.03 bits per heavy atom. The summed E-state index contributed by atoms with van der Waals surface area (Å²) in [6, 6.07) is 12.7. The number of fused-ring (bicyclic) bond motifs is 1. The molecule has 0 unspecified atom stereocenters. The molecule has 188 valence electrons. The van der Waals surface area contributed by atoms with Crippen molar-refractivity contribution in [3.8, 4) is 11.5 Å². The van der Waals surface area contributed by atoms with Crippen molar-refractivity contribution in [1.29, 1.82) is 0 Å². The predicted octanol–water partition coefficient (Wildman–Crippen LogP) is 3.15. The quantitative estimate of drug-likeness (QED) is 0.563. The summed E-state index contributed by atoms with van der Waals surface area (Å²) in [5.41, 5.74) is 1.54. The van der Waals surface area contributed by atoms with E-state index in [1.807, 2.05) is 30.3 Å². The first-order valence-corrected chi connectivity index (χ1v) is 12.6. The first kappa shape index (κ1) is 24.2. The summed E-state index contributed by atoms with van der Waals surface area (Å²) in [5.74, 6) is 1.44. The van der Waals surface area contributed by atoms with Crippen LogP contribution in [0.25, 0.3) is 0 Å². The van der Waals surface area contributed by atoms with Crippen molar-refractivity contribution >= 4 is 23.3 Å². The fourth-order valence-corrected chi connectivity index (χ4v) is 5.37.